The van der Waals surface area contributed by atoms with Crippen molar-refractivity contribution in [2.24, 2.45) is 5.92 Å². The summed E-state index contributed by atoms with van der Waals surface area (Å²) in [7, 11) is 5.45. The molecule has 0 aromatic rings. The van der Waals surface area contributed by atoms with Gasteiger partial charge in [-0.15, -0.1) is 0 Å². The minimum absolute atomic E-state index is 0.180. The molecule has 25 heavy (non-hydrogen) atoms. The molecule has 7 heteroatoms. The summed E-state index contributed by atoms with van der Waals surface area (Å²) >= 11 is 0. The highest BCUT2D eigenvalue weighted by molar-refractivity contribution is 5.78. The Morgan fingerprint density at radius 1 is 1.12 bits per heavy atom. The quantitative estimate of drug-likeness (QED) is 0.700. The van der Waals surface area contributed by atoms with Crippen LogP contribution in [0.4, 0.5) is 0 Å². The van der Waals surface area contributed by atoms with Crippen molar-refractivity contribution in [3.8, 4) is 0 Å². The molecule has 0 aromatic heterocycles. The van der Waals surface area contributed by atoms with Gasteiger partial charge in [-0.25, -0.2) is 0 Å². The summed E-state index contributed by atoms with van der Waals surface area (Å²) in [6.45, 7) is 9.06. The molecule has 0 aromatic carbocycles. The molecule has 2 rings (SSSR count). The van der Waals surface area contributed by atoms with Gasteiger partial charge in [-0.1, -0.05) is 0 Å². The molecule has 2 saturated heterocycles. The maximum atomic E-state index is 11.9. The van der Waals surface area contributed by atoms with Gasteiger partial charge in [0.15, 0.2) is 0 Å². The lowest BCUT2D eigenvalue weighted by molar-refractivity contribution is -0.132. The van der Waals surface area contributed by atoms with Crippen LogP contribution in [0.25, 0.3) is 0 Å². The predicted molar refractivity (Wildman–Crippen MR) is 99.4 cm³/mol. The third-order valence-corrected chi connectivity index (χ3v) is 5.49. The lowest BCUT2D eigenvalue weighted by atomic mass is 9.95. The van der Waals surface area contributed by atoms with Crippen LogP contribution in [-0.4, -0.2) is 111 Å². The molecule has 7 nitrogen and oxygen atoms in total. The fourth-order valence-electron chi connectivity index (χ4n) is 3.78. The number of hydrogen-bond acceptors (Lipinski definition) is 5. The monoisotopic (exact) mass is 353 g/mol. The molecule has 0 aliphatic carbocycles. The molecule has 2 amide bonds. The van der Waals surface area contributed by atoms with Crippen LogP contribution in [0, 0.1) is 5.92 Å². The van der Waals surface area contributed by atoms with E-state index < -0.39 is 0 Å². The first-order valence-corrected chi connectivity index (χ1v) is 9.49. The number of rotatable bonds is 6. The van der Waals surface area contributed by atoms with Crippen LogP contribution >= 0.6 is 0 Å². The van der Waals surface area contributed by atoms with E-state index in [9.17, 15) is 9.59 Å². The van der Waals surface area contributed by atoms with E-state index in [0.717, 1.165) is 52.1 Å². The second-order valence-corrected chi connectivity index (χ2v) is 7.72. The highest BCUT2D eigenvalue weighted by atomic mass is 16.2. The van der Waals surface area contributed by atoms with Crippen LogP contribution in [0.3, 0.4) is 0 Å². The fourth-order valence-corrected chi connectivity index (χ4v) is 3.78. The van der Waals surface area contributed by atoms with Gasteiger partial charge in [-0.2, -0.15) is 0 Å². The molecule has 2 heterocycles. The number of nitrogens with zero attached hydrogens (tertiary/aromatic N) is 4. The molecule has 144 valence electrons. The molecular formula is C18H35N5O2. The molecule has 2 aliphatic rings. The molecule has 0 radical (unpaired) electrons. The van der Waals surface area contributed by atoms with Crippen LogP contribution in [0.2, 0.25) is 0 Å². The molecular weight excluding hydrogens is 318 g/mol. The number of piperazine rings is 1. The highest BCUT2D eigenvalue weighted by Gasteiger charge is 2.29. The van der Waals surface area contributed by atoms with E-state index in [-0.39, 0.29) is 11.8 Å². The van der Waals surface area contributed by atoms with Crippen LogP contribution in [-0.2, 0) is 9.59 Å². The van der Waals surface area contributed by atoms with Crippen LogP contribution < -0.4 is 5.32 Å². The van der Waals surface area contributed by atoms with Gasteiger partial charge in [-0.05, 0) is 32.7 Å². The highest BCUT2D eigenvalue weighted by Crippen LogP contribution is 2.21. The maximum Gasteiger partial charge on any atom is 0.236 e. The summed E-state index contributed by atoms with van der Waals surface area (Å²) in [5, 5.41) is 2.94. The van der Waals surface area contributed by atoms with Crippen LogP contribution in [0.1, 0.15) is 19.8 Å². The largest absolute Gasteiger partial charge is 0.348 e. The lowest BCUT2D eigenvalue weighted by Gasteiger charge is -2.42. The maximum absolute atomic E-state index is 11.9. The number of likely N-dealkylation sites (tertiary alicyclic amines) is 1. The van der Waals surface area contributed by atoms with E-state index in [0.29, 0.717) is 25.0 Å². The smallest absolute Gasteiger partial charge is 0.236 e. The predicted octanol–water partition coefficient (Wildman–Crippen LogP) is -0.461. The van der Waals surface area contributed by atoms with Crippen molar-refractivity contribution in [1.82, 2.24) is 24.9 Å². The molecule has 2 aliphatic heterocycles. The van der Waals surface area contributed by atoms with E-state index >= 15 is 0 Å². The zero-order chi connectivity index (χ0) is 18.4. The third-order valence-electron chi connectivity index (χ3n) is 5.49. The average molecular weight is 354 g/mol. The SMILES string of the molecule is CNCC(=O)N1CCC(CN2CCN(CC(=O)N(C)C)CC2C)CC1. The minimum Gasteiger partial charge on any atom is -0.348 e. The Hall–Kier alpha value is -1.18. The van der Waals surface area contributed by atoms with Gasteiger partial charge in [0.1, 0.15) is 0 Å². The first kappa shape index (κ1) is 20.1. The molecule has 2 fully saturated rings. The summed E-state index contributed by atoms with van der Waals surface area (Å²) in [5.74, 6) is 1.07. The molecule has 1 N–H and O–H groups in total. The standard InChI is InChI=1S/C18H35N5O2/c1-15-12-21(14-18(25)20(3)4)9-10-23(15)13-16-5-7-22(8-6-16)17(24)11-19-2/h15-16,19H,5-14H2,1-4H3. The van der Waals surface area contributed by atoms with Gasteiger partial charge in [-0.3, -0.25) is 19.4 Å². The topological polar surface area (TPSA) is 59.1 Å². The summed E-state index contributed by atoms with van der Waals surface area (Å²) in [5.41, 5.74) is 0. The summed E-state index contributed by atoms with van der Waals surface area (Å²) < 4.78 is 0. The van der Waals surface area contributed by atoms with Crippen molar-refractivity contribution in [1.29, 1.82) is 0 Å². The summed E-state index contributed by atoms with van der Waals surface area (Å²) in [6, 6.07) is 0.479. The van der Waals surface area contributed by atoms with Gasteiger partial charge >= 0.3 is 0 Å². The first-order chi connectivity index (χ1) is 11.9. The Kier molecular flexibility index (Phi) is 7.65. The number of likely N-dealkylation sites (N-methyl/N-ethyl adjacent to an activating group) is 2. The summed E-state index contributed by atoms with van der Waals surface area (Å²) in [6.07, 6.45) is 2.20. The molecule has 0 saturated carbocycles. The third kappa shape index (κ3) is 5.94. The average Bonchev–Trinajstić information content (AvgIpc) is 2.58. The van der Waals surface area contributed by atoms with Crippen molar-refractivity contribution >= 4 is 11.8 Å². The number of carbonyl (C=O) groups excluding carboxylic acids is 2. The second kappa shape index (κ2) is 9.50. The van der Waals surface area contributed by atoms with Gasteiger partial charge in [0.05, 0.1) is 13.1 Å². The minimum atomic E-state index is 0.180. The Bertz CT molecular complexity index is 449. The van der Waals surface area contributed by atoms with E-state index in [4.69, 9.17) is 0 Å². The van der Waals surface area contributed by atoms with Gasteiger partial charge in [0.25, 0.3) is 0 Å². The Balaban J connectivity index is 1.72. The normalized spacial score (nSPS) is 23.7. The van der Waals surface area contributed by atoms with Gasteiger partial charge in [0, 0.05) is 59.4 Å². The molecule has 0 spiro atoms. The number of piperidine rings is 1. The Morgan fingerprint density at radius 2 is 1.80 bits per heavy atom. The van der Waals surface area contributed by atoms with Gasteiger partial charge in [0.2, 0.25) is 11.8 Å². The lowest BCUT2D eigenvalue weighted by Crippen LogP contribution is -2.55. The number of carbonyl (C=O) groups is 2. The Morgan fingerprint density at radius 3 is 2.36 bits per heavy atom. The van der Waals surface area contributed by atoms with E-state index in [2.05, 4.69) is 22.0 Å². The number of amides is 2. The van der Waals surface area contributed by atoms with Crippen molar-refractivity contribution in [2.45, 2.75) is 25.8 Å². The summed E-state index contributed by atoms with van der Waals surface area (Å²) in [4.78, 5) is 32.3. The van der Waals surface area contributed by atoms with Crippen molar-refractivity contribution in [3.05, 3.63) is 0 Å². The fraction of sp³-hybridized carbons (Fsp3) is 0.889. The van der Waals surface area contributed by atoms with E-state index in [1.807, 2.05) is 26.0 Å². The number of hydrogen-bond donors (Lipinski definition) is 1. The Labute approximate surface area is 152 Å². The molecule has 1 atom stereocenters. The van der Waals surface area contributed by atoms with E-state index in [1.54, 1.807) is 4.90 Å². The van der Waals surface area contributed by atoms with Crippen molar-refractivity contribution in [2.75, 3.05) is 73.5 Å². The zero-order valence-corrected chi connectivity index (χ0v) is 16.3. The molecule has 1 unspecified atom stereocenters. The second-order valence-electron chi connectivity index (χ2n) is 7.72. The zero-order valence-electron chi connectivity index (χ0n) is 16.3. The van der Waals surface area contributed by atoms with Crippen molar-refractivity contribution < 1.29 is 9.59 Å². The van der Waals surface area contributed by atoms with E-state index in [1.165, 1.54) is 0 Å². The van der Waals surface area contributed by atoms with Crippen molar-refractivity contribution in [3.63, 3.8) is 0 Å². The van der Waals surface area contributed by atoms with Gasteiger partial charge < -0.3 is 15.1 Å². The van der Waals surface area contributed by atoms with Crippen LogP contribution in [0.15, 0.2) is 0 Å². The molecule has 0 bridgehead atoms. The van der Waals surface area contributed by atoms with Crippen LogP contribution in [0.5, 0.6) is 0 Å². The first-order valence-electron chi connectivity index (χ1n) is 9.49. The number of nitrogens with one attached hydrogen (secondary N) is 1.